The largest absolute Gasteiger partial charge is 0.456 e. The van der Waals surface area contributed by atoms with Crippen LogP contribution in [0.5, 0.6) is 0 Å². The van der Waals surface area contributed by atoms with Crippen LogP contribution in [-0.4, -0.2) is 13.7 Å². The summed E-state index contributed by atoms with van der Waals surface area (Å²) in [5.41, 5.74) is 16.9. The van der Waals surface area contributed by atoms with E-state index in [9.17, 15) is 0 Å². The number of nitrogens with zero attached hydrogens (tertiary/aromatic N) is 3. The third kappa shape index (κ3) is 4.93. The summed E-state index contributed by atoms with van der Waals surface area (Å²) in [5, 5.41) is 9.62. The molecule has 4 aromatic heterocycles. The molecule has 0 radical (unpaired) electrons. The minimum atomic E-state index is 0.887. The van der Waals surface area contributed by atoms with E-state index in [1.54, 1.807) is 0 Å². The molecule has 298 valence electrons. The van der Waals surface area contributed by atoms with Crippen molar-refractivity contribution in [2.24, 2.45) is 0 Å². The van der Waals surface area contributed by atoms with Gasteiger partial charge in [-0.25, -0.2) is 0 Å². The second-order valence-electron chi connectivity index (χ2n) is 16.8. The van der Waals surface area contributed by atoms with Crippen molar-refractivity contribution in [3.05, 3.63) is 224 Å². The number of para-hydroxylation sites is 7. The van der Waals surface area contributed by atoms with E-state index in [0.29, 0.717) is 0 Å². The van der Waals surface area contributed by atoms with Gasteiger partial charge in [0.1, 0.15) is 11.2 Å². The molecule has 0 unspecified atom stereocenters. The van der Waals surface area contributed by atoms with E-state index in [1.165, 1.54) is 65.5 Å². The molecule has 64 heavy (non-hydrogen) atoms. The van der Waals surface area contributed by atoms with Gasteiger partial charge in [-0.1, -0.05) is 140 Å². The first kappa shape index (κ1) is 35.0. The molecule has 0 saturated carbocycles. The molecule has 14 rings (SSSR count). The zero-order valence-electron chi connectivity index (χ0n) is 34.6. The SMILES string of the molecule is c1ccc(-n2c3ccccc3c3cc(-c4ccccc4-n4c5ccccc5c5c6c7ccccc7n(-c7ccccc7)c6c(-c6ccc7oc8ccccc8c7c6)cc54)ccc32)cc1. The zero-order valence-corrected chi connectivity index (χ0v) is 34.6. The predicted molar refractivity (Wildman–Crippen MR) is 268 cm³/mol. The summed E-state index contributed by atoms with van der Waals surface area (Å²) in [4.78, 5) is 0. The number of rotatable bonds is 5. The summed E-state index contributed by atoms with van der Waals surface area (Å²) in [5.74, 6) is 0. The molecular formula is C60H37N3O. The molecule has 4 nitrogen and oxygen atoms in total. The molecule has 0 N–H and O–H groups in total. The smallest absolute Gasteiger partial charge is 0.135 e. The lowest BCUT2D eigenvalue weighted by molar-refractivity contribution is 0.669. The Labute approximate surface area is 367 Å². The molecule has 0 aliphatic rings. The van der Waals surface area contributed by atoms with Gasteiger partial charge in [0.25, 0.3) is 0 Å². The van der Waals surface area contributed by atoms with E-state index >= 15 is 0 Å². The summed E-state index contributed by atoms with van der Waals surface area (Å²) >= 11 is 0. The molecule has 0 aliphatic heterocycles. The second-order valence-corrected chi connectivity index (χ2v) is 16.8. The molecule has 0 saturated heterocycles. The Morgan fingerprint density at radius 1 is 0.281 bits per heavy atom. The lowest BCUT2D eigenvalue weighted by atomic mass is 9.96. The van der Waals surface area contributed by atoms with E-state index in [2.05, 4.69) is 232 Å². The maximum atomic E-state index is 6.38. The lowest BCUT2D eigenvalue weighted by Gasteiger charge is -2.16. The molecule has 4 heteroatoms. The minimum Gasteiger partial charge on any atom is -0.456 e. The van der Waals surface area contributed by atoms with Gasteiger partial charge >= 0.3 is 0 Å². The van der Waals surface area contributed by atoms with Crippen LogP contribution in [0.2, 0.25) is 0 Å². The number of hydrogen-bond acceptors (Lipinski definition) is 1. The Balaban J connectivity index is 1.10. The highest BCUT2D eigenvalue weighted by molar-refractivity contribution is 6.32. The summed E-state index contributed by atoms with van der Waals surface area (Å²) in [7, 11) is 0. The first-order valence-electron chi connectivity index (χ1n) is 21.9. The van der Waals surface area contributed by atoms with Crippen molar-refractivity contribution in [3.8, 4) is 39.3 Å². The van der Waals surface area contributed by atoms with Crippen LogP contribution < -0.4 is 0 Å². The third-order valence-corrected chi connectivity index (χ3v) is 13.4. The summed E-state index contributed by atoms with van der Waals surface area (Å²) in [6.07, 6.45) is 0. The van der Waals surface area contributed by atoms with Crippen LogP contribution in [-0.2, 0) is 0 Å². The maximum absolute atomic E-state index is 6.38. The molecule has 0 atom stereocenters. The van der Waals surface area contributed by atoms with Crippen molar-refractivity contribution in [2.75, 3.05) is 0 Å². The van der Waals surface area contributed by atoms with Gasteiger partial charge in [0.05, 0.1) is 38.8 Å². The van der Waals surface area contributed by atoms with Crippen LogP contribution >= 0.6 is 0 Å². The number of benzene rings is 10. The third-order valence-electron chi connectivity index (χ3n) is 13.4. The van der Waals surface area contributed by atoms with Gasteiger partial charge in [-0.2, -0.15) is 0 Å². The van der Waals surface area contributed by atoms with Crippen LogP contribution in [0, 0.1) is 0 Å². The summed E-state index contributed by atoms with van der Waals surface area (Å²) < 4.78 is 13.7. The van der Waals surface area contributed by atoms with E-state index in [4.69, 9.17) is 4.42 Å². The van der Waals surface area contributed by atoms with Crippen LogP contribution in [0.3, 0.4) is 0 Å². The molecule has 0 spiro atoms. The average molecular weight is 816 g/mol. The fourth-order valence-corrected chi connectivity index (χ4v) is 10.7. The number of fused-ring (bicyclic) bond motifs is 13. The van der Waals surface area contributed by atoms with Gasteiger partial charge in [-0.3, -0.25) is 0 Å². The molecule has 4 heterocycles. The number of furan rings is 1. The van der Waals surface area contributed by atoms with Crippen LogP contribution in [0.15, 0.2) is 229 Å². The van der Waals surface area contributed by atoms with E-state index < -0.39 is 0 Å². The van der Waals surface area contributed by atoms with Crippen molar-refractivity contribution >= 4 is 87.4 Å². The van der Waals surface area contributed by atoms with E-state index in [1.807, 2.05) is 6.07 Å². The van der Waals surface area contributed by atoms with Gasteiger partial charge in [0.2, 0.25) is 0 Å². The zero-order chi connectivity index (χ0) is 41.9. The Hall–Kier alpha value is -8.60. The predicted octanol–water partition coefficient (Wildman–Crippen LogP) is 16.2. The van der Waals surface area contributed by atoms with Crippen LogP contribution in [0.4, 0.5) is 0 Å². The summed E-state index contributed by atoms with van der Waals surface area (Å²) in [6, 6.07) is 81.6. The highest BCUT2D eigenvalue weighted by Crippen LogP contribution is 2.48. The van der Waals surface area contributed by atoms with Crippen molar-refractivity contribution < 1.29 is 4.42 Å². The highest BCUT2D eigenvalue weighted by Gasteiger charge is 2.25. The maximum Gasteiger partial charge on any atom is 0.135 e. The van der Waals surface area contributed by atoms with Crippen molar-refractivity contribution in [1.29, 1.82) is 0 Å². The molecule has 14 aromatic rings. The van der Waals surface area contributed by atoms with Gasteiger partial charge in [0.15, 0.2) is 0 Å². The van der Waals surface area contributed by atoms with Crippen LogP contribution in [0.25, 0.3) is 127 Å². The first-order valence-corrected chi connectivity index (χ1v) is 21.9. The van der Waals surface area contributed by atoms with Crippen LogP contribution in [0.1, 0.15) is 0 Å². The van der Waals surface area contributed by atoms with Crippen molar-refractivity contribution in [3.63, 3.8) is 0 Å². The molecular weight excluding hydrogens is 779 g/mol. The van der Waals surface area contributed by atoms with Gasteiger partial charge in [-0.05, 0) is 96.1 Å². The summed E-state index contributed by atoms with van der Waals surface area (Å²) in [6.45, 7) is 0. The Morgan fingerprint density at radius 2 is 0.797 bits per heavy atom. The average Bonchev–Trinajstić information content (AvgIpc) is 4.10. The molecule has 0 amide bonds. The first-order chi connectivity index (χ1) is 31.8. The van der Waals surface area contributed by atoms with Crippen molar-refractivity contribution in [2.45, 2.75) is 0 Å². The van der Waals surface area contributed by atoms with E-state index in [0.717, 1.165) is 61.2 Å². The van der Waals surface area contributed by atoms with Crippen molar-refractivity contribution in [1.82, 2.24) is 13.7 Å². The normalized spacial score (nSPS) is 12.1. The van der Waals surface area contributed by atoms with Gasteiger partial charge < -0.3 is 18.1 Å². The Morgan fingerprint density at radius 3 is 1.56 bits per heavy atom. The topological polar surface area (TPSA) is 27.9 Å². The molecule has 0 bridgehead atoms. The van der Waals surface area contributed by atoms with E-state index in [-0.39, 0.29) is 0 Å². The molecule has 0 fully saturated rings. The molecule has 0 aliphatic carbocycles. The highest BCUT2D eigenvalue weighted by atomic mass is 16.3. The number of hydrogen-bond donors (Lipinski definition) is 0. The fraction of sp³-hybridized carbons (Fsp3) is 0. The van der Waals surface area contributed by atoms with Gasteiger partial charge in [0, 0.05) is 65.6 Å². The minimum absolute atomic E-state index is 0.887. The Kier molecular flexibility index (Phi) is 7.36. The standard InChI is InChI=1S/C60H37N3O/c1-3-17-40(18-4-1)61-51-27-13-8-22-43(51)48-35-38(31-33-54(48)61)42-21-7-12-26-50(42)63-53-29-15-9-24-45(53)58-55(63)37-47(39-32-34-57-49(36-39)44-23-11-16-30-56(44)64-57)60-59(58)46-25-10-14-28-52(46)62(60)41-19-5-2-6-20-41/h1-37H. The number of aromatic nitrogens is 3. The fourth-order valence-electron chi connectivity index (χ4n) is 10.7. The quantitative estimate of drug-likeness (QED) is 0.170. The second kappa shape index (κ2) is 13.4. The lowest BCUT2D eigenvalue weighted by Crippen LogP contribution is -1.99. The van der Waals surface area contributed by atoms with Gasteiger partial charge in [-0.15, -0.1) is 0 Å². The Bertz CT molecular complexity index is 4180. The monoisotopic (exact) mass is 815 g/mol. The molecule has 10 aromatic carbocycles.